The number of hydrogen-bond donors (Lipinski definition) is 3. The molecule has 2 aliphatic rings. The Morgan fingerprint density at radius 1 is 1.35 bits per heavy atom. The minimum absolute atomic E-state index is 0.00280. The summed E-state index contributed by atoms with van der Waals surface area (Å²) in [6.07, 6.45) is 0.106. The van der Waals surface area contributed by atoms with Crippen LogP contribution >= 0.6 is 17.5 Å². The Bertz CT molecular complexity index is 1260. The van der Waals surface area contributed by atoms with Crippen molar-refractivity contribution >= 4 is 54.6 Å². The molecule has 222 valence electrons. The molecular formula is C26H43N5O5PS2Si+. The van der Waals surface area contributed by atoms with E-state index in [1.54, 1.807) is 10.9 Å². The lowest BCUT2D eigenvalue weighted by Gasteiger charge is -2.38. The molecule has 40 heavy (non-hydrogen) atoms. The summed E-state index contributed by atoms with van der Waals surface area (Å²) in [5.74, 6) is 0.562. The Kier molecular flexibility index (Phi) is 9.51. The number of aliphatic hydroxyl groups excluding tert-OH is 2. The van der Waals surface area contributed by atoms with Gasteiger partial charge in [-0.1, -0.05) is 32.9 Å². The molecule has 1 aliphatic heterocycles. The Balaban J connectivity index is 1.55. The lowest BCUT2D eigenvalue weighted by atomic mass is 9.77. The number of imidazole rings is 1. The van der Waals surface area contributed by atoms with E-state index in [1.807, 2.05) is 13.8 Å². The van der Waals surface area contributed by atoms with Crippen LogP contribution in [0.2, 0.25) is 18.1 Å². The van der Waals surface area contributed by atoms with E-state index in [9.17, 15) is 10.2 Å². The molecule has 3 heterocycles. The molecule has 2 aromatic rings. The van der Waals surface area contributed by atoms with Gasteiger partial charge in [-0.3, -0.25) is 4.57 Å². The van der Waals surface area contributed by atoms with Crippen molar-refractivity contribution in [3.63, 3.8) is 0 Å². The van der Waals surface area contributed by atoms with Crippen molar-refractivity contribution in [1.29, 1.82) is 0 Å². The van der Waals surface area contributed by atoms with E-state index in [4.69, 9.17) is 31.2 Å². The van der Waals surface area contributed by atoms with Crippen LogP contribution in [0.1, 0.15) is 60.1 Å². The molecular weight excluding hydrogens is 586 g/mol. The van der Waals surface area contributed by atoms with Crippen LogP contribution in [-0.4, -0.2) is 73.8 Å². The van der Waals surface area contributed by atoms with Gasteiger partial charge in [0.25, 0.3) is 0 Å². The number of nitrogens with two attached hydrogens (primary N) is 1. The summed E-state index contributed by atoms with van der Waals surface area (Å²) in [5.41, 5.74) is 7.98. The summed E-state index contributed by atoms with van der Waals surface area (Å²) in [6, 6.07) is 0. The van der Waals surface area contributed by atoms with Crippen LogP contribution in [0, 0.1) is 5.92 Å². The standard InChI is InChI=1S/C26H43N5O5PS2Si/c1-15(2)16-9-10-26(6,18(32)11-16)39-37(38)36-21-17(12-34-40(7,8)25(3,4)5)35-24(20(21)33)31-14-30-19-22(27)28-13-29-23(19)31/h13-14,16-18,20-21,24,32-33H,1,9-12H2,2-8H3,(H2,27,28,29)/q+1/t16-,17-,18+,20-,21-,24-,26+/m1/s1. The predicted octanol–water partition coefficient (Wildman–Crippen LogP) is 5.08. The van der Waals surface area contributed by atoms with Gasteiger partial charge in [-0.05, 0) is 57.2 Å². The minimum Gasteiger partial charge on any atom is -0.414 e. The van der Waals surface area contributed by atoms with E-state index < -0.39 is 49.8 Å². The second kappa shape index (κ2) is 11.9. The summed E-state index contributed by atoms with van der Waals surface area (Å²) in [5, 5.41) is 22.6. The highest BCUT2D eigenvalue weighted by Crippen LogP contribution is 2.56. The van der Waals surface area contributed by atoms with Crippen LogP contribution in [0.5, 0.6) is 0 Å². The number of nitrogen functional groups attached to an aromatic ring is 1. The van der Waals surface area contributed by atoms with Crippen LogP contribution in [0.3, 0.4) is 0 Å². The molecule has 1 unspecified atom stereocenters. The predicted molar refractivity (Wildman–Crippen MR) is 166 cm³/mol. The second-order valence-electron chi connectivity index (χ2n) is 12.7. The largest absolute Gasteiger partial charge is 0.415 e. The summed E-state index contributed by atoms with van der Waals surface area (Å²) < 4.78 is 20.5. The number of rotatable bonds is 9. The molecule has 2 fully saturated rings. The van der Waals surface area contributed by atoms with Gasteiger partial charge in [-0.2, -0.15) is 0 Å². The van der Waals surface area contributed by atoms with E-state index in [0.717, 1.165) is 18.4 Å². The summed E-state index contributed by atoms with van der Waals surface area (Å²) in [4.78, 5) is 12.7. The minimum atomic E-state index is -2.12. The first-order valence-electron chi connectivity index (χ1n) is 13.6. The van der Waals surface area contributed by atoms with Gasteiger partial charge in [-0.15, -0.1) is 4.52 Å². The zero-order valence-electron chi connectivity index (χ0n) is 24.4. The molecule has 8 atom stereocenters. The monoisotopic (exact) mass is 628 g/mol. The zero-order valence-corrected chi connectivity index (χ0v) is 27.9. The Hall–Kier alpha value is -1.02. The third-order valence-corrected chi connectivity index (χ3v) is 17.6. The molecule has 0 bridgehead atoms. The van der Waals surface area contributed by atoms with Crippen LogP contribution < -0.4 is 5.73 Å². The third-order valence-electron chi connectivity index (χ3n) is 8.77. The molecule has 1 saturated carbocycles. The maximum absolute atomic E-state index is 11.6. The maximum atomic E-state index is 11.6. The fourth-order valence-corrected chi connectivity index (χ4v) is 11.1. The van der Waals surface area contributed by atoms with Crippen LogP contribution in [-0.2, 0) is 25.5 Å². The number of aromatic nitrogens is 4. The van der Waals surface area contributed by atoms with Crippen molar-refractivity contribution in [2.24, 2.45) is 5.92 Å². The lowest BCUT2D eigenvalue weighted by molar-refractivity contribution is -0.0483. The maximum Gasteiger partial charge on any atom is 0.415 e. The zero-order chi connectivity index (χ0) is 29.6. The second-order valence-corrected chi connectivity index (χ2v) is 22.6. The quantitative estimate of drug-likeness (QED) is 0.195. The van der Waals surface area contributed by atoms with Crippen molar-refractivity contribution in [1.82, 2.24) is 19.5 Å². The third kappa shape index (κ3) is 6.47. The Morgan fingerprint density at radius 2 is 2.05 bits per heavy atom. The molecule has 2 aromatic heterocycles. The first kappa shape index (κ1) is 31.9. The normalized spacial score (nSPS) is 32.0. The van der Waals surface area contributed by atoms with Crippen molar-refractivity contribution < 1.29 is 23.9 Å². The molecule has 4 rings (SSSR count). The van der Waals surface area contributed by atoms with Crippen molar-refractivity contribution in [3.05, 3.63) is 24.8 Å². The molecule has 0 radical (unpaired) electrons. The van der Waals surface area contributed by atoms with Gasteiger partial charge < -0.3 is 25.1 Å². The average molecular weight is 629 g/mol. The van der Waals surface area contributed by atoms with Crippen LogP contribution in [0.25, 0.3) is 11.2 Å². The van der Waals surface area contributed by atoms with Crippen LogP contribution in [0.4, 0.5) is 5.82 Å². The summed E-state index contributed by atoms with van der Waals surface area (Å²) >= 11 is 7.33. The van der Waals surface area contributed by atoms with Gasteiger partial charge in [0, 0.05) is 0 Å². The molecule has 0 amide bonds. The number of allylic oxidation sites excluding steroid dienone is 1. The van der Waals surface area contributed by atoms with Crippen molar-refractivity contribution in [2.45, 2.75) is 107 Å². The number of aliphatic hydroxyl groups is 2. The number of ether oxygens (including phenoxy) is 1. The number of anilines is 1. The highest BCUT2D eigenvalue weighted by molar-refractivity contribution is 8.63. The molecule has 0 spiro atoms. The van der Waals surface area contributed by atoms with Gasteiger partial charge in [-0.25, -0.2) is 15.0 Å². The van der Waals surface area contributed by atoms with E-state index in [2.05, 4.69) is 55.4 Å². The van der Waals surface area contributed by atoms with Crippen LogP contribution in [0.15, 0.2) is 24.8 Å². The van der Waals surface area contributed by atoms with E-state index in [1.165, 1.54) is 17.7 Å². The SMILES string of the molecule is C=C(C)[C@@H]1CC[C@](C)(S[P+](=S)O[C@H]2[C@@H](O)[C@H](n3cnc4c(N)ncnc43)O[C@@H]2CO[Si](C)(C)C(C)(C)C)[C@@H](O)C1. The fourth-order valence-electron chi connectivity index (χ4n) is 4.89. The number of hydrogen-bond acceptors (Lipinski definition) is 11. The Morgan fingerprint density at radius 3 is 2.67 bits per heavy atom. The first-order valence-corrected chi connectivity index (χ1v) is 20.2. The highest BCUT2D eigenvalue weighted by Gasteiger charge is 2.53. The summed E-state index contributed by atoms with van der Waals surface area (Å²) in [6.45, 7) is 19.3. The van der Waals surface area contributed by atoms with Crippen molar-refractivity contribution in [3.8, 4) is 0 Å². The van der Waals surface area contributed by atoms with E-state index in [-0.39, 0.29) is 17.5 Å². The highest BCUT2D eigenvalue weighted by atomic mass is 32.9. The molecule has 4 N–H and O–H groups in total. The molecule has 0 aromatic carbocycles. The molecule has 10 nitrogen and oxygen atoms in total. The van der Waals surface area contributed by atoms with Gasteiger partial charge >= 0.3 is 6.13 Å². The topological polar surface area (TPSA) is 138 Å². The van der Waals surface area contributed by atoms with E-state index in [0.29, 0.717) is 23.5 Å². The van der Waals surface area contributed by atoms with E-state index >= 15 is 0 Å². The first-order chi connectivity index (χ1) is 18.5. The summed E-state index contributed by atoms with van der Waals surface area (Å²) in [7, 11) is -2.12. The smallest absolute Gasteiger partial charge is 0.414 e. The van der Waals surface area contributed by atoms with Crippen molar-refractivity contribution in [2.75, 3.05) is 12.3 Å². The fraction of sp³-hybridized carbons (Fsp3) is 0.731. The number of fused-ring (bicyclic) bond motifs is 1. The molecule has 1 saturated heterocycles. The molecule has 14 heteroatoms. The van der Waals surface area contributed by atoms with Gasteiger partial charge in [0.05, 0.1) is 23.8 Å². The van der Waals surface area contributed by atoms with Gasteiger partial charge in [0.1, 0.15) is 35.4 Å². The average Bonchev–Trinajstić information content (AvgIpc) is 3.41. The molecule has 1 aliphatic carbocycles. The Labute approximate surface area is 247 Å². The lowest BCUT2D eigenvalue weighted by Crippen LogP contribution is -2.45. The number of nitrogens with zero attached hydrogens (tertiary/aromatic N) is 4. The van der Waals surface area contributed by atoms with Gasteiger partial charge in [0.15, 0.2) is 32.1 Å². The van der Waals surface area contributed by atoms with Gasteiger partial charge in [0.2, 0.25) is 11.8 Å².